The number of anilines is 1. The molecule has 0 aliphatic rings. The van der Waals surface area contributed by atoms with Crippen molar-refractivity contribution in [1.82, 2.24) is 14.8 Å². The van der Waals surface area contributed by atoms with Gasteiger partial charge in [0, 0.05) is 19.2 Å². The lowest BCUT2D eigenvalue weighted by atomic mass is 10.0. The lowest BCUT2D eigenvalue weighted by Crippen LogP contribution is -2.14. The summed E-state index contributed by atoms with van der Waals surface area (Å²) in [4.78, 5) is 23.8. The summed E-state index contributed by atoms with van der Waals surface area (Å²) in [7, 11) is 4.92. The summed E-state index contributed by atoms with van der Waals surface area (Å²) >= 11 is 1.33. The Kier molecular flexibility index (Phi) is 8.48. The Bertz CT molecular complexity index is 1110. The molecule has 3 aromatic rings. The number of nitrogens with zero attached hydrogens (tertiary/aromatic N) is 3. The minimum Gasteiger partial charge on any atom is -0.496 e. The summed E-state index contributed by atoms with van der Waals surface area (Å²) in [6.45, 7) is 2.04. The standard InChI is InChI=1S/C24H28N4O4S/c1-16-14-17(8-13-20(16)31-3)6-5-7-21-26-27-24(28(21)2)33-15-22(29)25-19-11-9-18(10-12-19)23(30)32-4/h8-14H,5-7,15H2,1-4H3,(H,25,29). The molecule has 2 aromatic carbocycles. The molecule has 0 radical (unpaired) electrons. The van der Waals surface area contributed by atoms with Crippen LogP contribution in [0.25, 0.3) is 0 Å². The van der Waals surface area contributed by atoms with Crippen LogP contribution in [0, 0.1) is 6.92 Å². The smallest absolute Gasteiger partial charge is 0.337 e. The number of carbonyl (C=O) groups is 2. The third kappa shape index (κ3) is 6.58. The molecule has 0 bridgehead atoms. The number of methoxy groups -OCH3 is 2. The molecular weight excluding hydrogens is 440 g/mol. The Morgan fingerprint density at radius 2 is 1.82 bits per heavy atom. The van der Waals surface area contributed by atoms with Gasteiger partial charge in [0.15, 0.2) is 5.16 Å². The zero-order valence-electron chi connectivity index (χ0n) is 19.3. The highest BCUT2D eigenvalue weighted by atomic mass is 32.2. The van der Waals surface area contributed by atoms with Gasteiger partial charge in [0.1, 0.15) is 11.6 Å². The molecule has 0 atom stereocenters. The number of amides is 1. The van der Waals surface area contributed by atoms with E-state index in [0.29, 0.717) is 16.4 Å². The number of aromatic nitrogens is 3. The second-order valence-corrected chi connectivity index (χ2v) is 8.46. The number of aryl methyl sites for hydroxylation is 3. The van der Waals surface area contributed by atoms with E-state index in [4.69, 9.17) is 4.74 Å². The highest BCUT2D eigenvalue weighted by molar-refractivity contribution is 7.99. The third-order valence-corrected chi connectivity index (χ3v) is 6.19. The Balaban J connectivity index is 1.46. The molecule has 0 unspecified atom stereocenters. The molecule has 0 aliphatic heterocycles. The van der Waals surface area contributed by atoms with Gasteiger partial charge in [-0.3, -0.25) is 4.79 Å². The van der Waals surface area contributed by atoms with Crippen molar-refractivity contribution in [3.8, 4) is 5.75 Å². The normalized spacial score (nSPS) is 10.7. The molecule has 0 saturated heterocycles. The number of thioether (sulfide) groups is 1. The Hall–Kier alpha value is -3.33. The number of nitrogens with one attached hydrogen (secondary N) is 1. The van der Waals surface area contributed by atoms with Gasteiger partial charge in [-0.25, -0.2) is 4.79 Å². The number of rotatable bonds is 10. The van der Waals surface area contributed by atoms with Crippen LogP contribution in [0.2, 0.25) is 0 Å². The van der Waals surface area contributed by atoms with E-state index in [0.717, 1.165) is 36.4 Å². The fourth-order valence-corrected chi connectivity index (χ4v) is 4.10. The average Bonchev–Trinajstić information content (AvgIpc) is 3.17. The molecule has 0 aliphatic carbocycles. The first-order chi connectivity index (χ1) is 15.9. The zero-order valence-corrected chi connectivity index (χ0v) is 20.1. The van der Waals surface area contributed by atoms with Crippen molar-refractivity contribution in [2.45, 2.75) is 31.3 Å². The summed E-state index contributed by atoms with van der Waals surface area (Å²) in [6, 6.07) is 12.8. The first kappa shape index (κ1) is 24.3. The number of benzene rings is 2. The van der Waals surface area contributed by atoms with Crippen LogP contribution >= 0.6 is 11.8 Å². The molecule has 33 heavy (non-hydrogen) atoms. The molecule has 8 nitrogen and oxygen atoms in total. The van der Waals surface area contributed by atoms with E-state index in [1.165, 1.54) is 24.4 Å². The van der Waals surface area contributed by atoms with Crippen LogP contribution in [0.3, 0.4) is 0 Å². The molecule has 1 amide bonds. The van der Waals surface area contributed by atoms with E-state index in [-0.39, 0.29) is 11.7 Å². The van der Waals surface area contributed by atoms with Crippen LogP contribution in [0.15, 0.2) is 47.6 Å². The van der Waals surface area contributed by atoms with E-state index in [9.17, 15) is 9.59 Å². The third-order valence-electron chi connectivity index (χ3n) is 5.17. The minimum atomic E-state index is -0.416. The van der Waals surface area contributed by atoms with Crippen LogP contribution in [0.1, 0.15) is 33.7 Å². The number of ether oxygens (including phenoxy) is 2. The van der Waals surface area contributed by atoms with Gasteiger partial charge in [-0.15, -0.1) is 10.2 Å². The second-order valence-electron chi connectivity index (χ2n) is 7.52. The van der Waals surface area contributed by atoms with E-state index < -0.39 is 5.97 Å². The number of carbonyl (C=O) groups excluding carboxylic acids is 2. The molecule has 9 heteroatoms. The zero-order chi connectivity index (χ0) is 23.8. The molecule has 1 aromatic heterocycles. The van der Waals surface area contributed by atoms with Crippen molar-refractivity contribution >= 4 is 29.3 Å². The molecule has 3 rings (SSSR count). The largest absolute Gasteiger partial charge is 0.496 e. The lowest BCUT2D eigenvalue weighted by molar-refractivity contribution is -0.113. The molecule has 0 spiro atoms. The maximum absolute atomic E-state index is 12.3. The van der Waals surface area contributed by atoms with E-state index in [1.807, 2.05) is 24.6 Å². The van der Waals surface area contributed by atoms with Crippen LogP contribution in [-0.4, -0.2) is 46.6 Å². The van der Waals surface area contributed by atoms with Crippen molar-refractivity contribution in [2.24, 2.45) is 7.05 Å². The Morgan fingerprint density at radius 3 is 2.48 bits per heavy atom. The van der Waals surface area contributed by atoms with Crippen LogP contribution < -0.4 is 10.1 Å². The summed E-state index contributed by atoms with van der Waals surface area (Å²) < 4.78 is 11.9. The first-order valence-electron chi connectivity index (χ1n) is 10.5. The van der Waals surface area contributed by atoms with Gasteiger partial charge in [0.25, 0.3) is 0 Å². The summed E-state index contributed by atoms with van der Waals surface area (Å²) in [5.74, 6) is 1.42. The summed E-state index contributed by atoms with van der Waals surface area (Å²) in [6.07, 6.45) is 2.69. The molecule has 1 N–H and O–H groups in total. The average molecular weight is 469 g/mol. The SMILES string of the molecule is COC(=O)c1ccc(NC(=O)CSc2nnc(CCCc3ccc(OC)c(C)c3)n2C)cc1. The topological polar surface area (TPSA) is 95.3 Å². The predicted molar refractivity (Wildman–Crippen MR) is 128 cm³/mol. The van der Waals surface area contributed by atoms with Gasteiger partial charge in [-0.2, -0.15) is 0 Å². The maximum Gasteiger partial charge on any atom is 0.337 e. The van der Waals surface area contributed by atoms with Crippen molar-refractivity contribution in [2.75, 3.05) is 25.3 Å². The van der Waals surface area contributed by atoms with Gasteiger partial charge in [0.05, 0.1) is 25.5 Å². The maximum atomic E-state index is 12.3. The molecule has 1 heterocycles. The molecule has 174 valence electrons. The van der Waals surface area contributed by atoms with E-state index in [2.05, 4.69) is 32.4 Å². The van der Waals surface area contributed by atoms with Crippen molar-refractivity contribution in [3.63, 3.8) is 0 Å². The van der Waals surface area contributed by atoms with Crippen molar-refractivity contribution in [3.05, 3.63) is 65.0 Å². The second kappa shape index (κ2) is 11.5. The summed E-state index contributed by atoms with van der Waals surface area (Å²) in [5, 5.41) is 12.0. The van der Waals surface area contributed by atoms with Gasteiger partial charge in [-0.1, -0.05) is 23.9 Å². The van der Waals surface area contributed by atoms with Crippen molar-refractivity contribution < 1.29 is 19.1 Å². The predicted octanol–water partition coefficient (Wildman–Crippen LogP) is 3.82. The van der Waals surface area contributed by atoms with Gasteiger partial charge < -0.3 is 19.4 Å². The Morgan fingerprint density at radius 1 is 1.06 bits per heavy atom. The van der Waals surface area contributed by atoms with Gasteiger partial charge in [0.2, 0.25) is 5.91 Å². The fraction of sp³-hybridized carbons (Fsp3) is 0.333. The molecular formula is C24H28N4O4S. The number of hydrogen-bond acceptors (Lipinski definition) is 7. The Labute approximate surface area is 197 Å². The fourth-order valence-electron chi connectivity index (χ4n) is 3.37. The van der Waals surface area contributed by atoms with Crippen LogP contribution in [0.4, 0.5) is 5.69 Å². The van der Waals surface area contributed by atoms with Gasteiger partial charge >= 0.3 is 5.97 Å². The number of hydrogen-bond donors (Lipinski definition) is 1. The van der Waals surface area contributed by atoms with E-state index >= 15 is 0 Å². The quantitative estimate of drug-likeness (QED) is 0.357. The molecule has 0 fully saturated rings. The van der Waals surface area contributed by atoms with E-state index in [1.54, 1.807) is 31.4 Å². The van der Waals surface area contributed by atoms with Gasteiger partial charge in [-0.05, 0) is 61.2 Å². The highest BCUT2D eigenvalue weighted by Gasteiger charge is 2.12. The lowest BCUT2D eigenvalue weighted by Gasteiger charge is -2.08. The first-order valence-corrected chi connectivity index (χ1v) is 11.5. The minimum absolute atomic E-state index is 0.162. The van der Waals surface area contributed by atoms with Crippen molar-refractivity contribution in [1.29, 1.82) is 0 Å². The van der Waals surface area contributed by atoms with Crippen LogP contribution in [0.5, 0.6) is 5.75 Å². The van der Waals surface area contributed by atoms with Crippen LogP contribution in [-0.2, 0) is 29.4 Å². The monoisotopic (exact) mass is 468 g/mol. The molecule has 0 saturated carbocycles. The highest BCUT2D eigenvalue weighted by Crippen LogP contribution is 2.21. The number of esters is 1. The summed E-state index contributed by atoms with van der Waals surface area (Å²) in [5.41, 5.74) is 3.44.